The number of aliphatic hydroxyl groups is 1. The number of carbonyl (C=O) groups excluding carboxylic acids is 2. The van der Waals surface area contributed by atoms with Crippen molar-refractivity contribution in [2.75, 3.05) is 5.32 Å². The average Bonchev–Trinajstić information content (AvgIpc) is 3.11. The van der Waals surface area contributed by atoms with Gasteiger partial charge in [-0.2, -0.15) is 23.5 Å². The van der Waals surface area contributed by atoms with Crippen LogP contribution in [-0.4, -0.2) is 43.1 Å². The smallest absolute Gasteiger partial charge is 0.419 e. The van der Waals surface area contributed by atoms with Gasteiger partial charge in [0.2, 0.25) is 0 Å². The molecule has 0 fully saturated rings. The van der Waals surface area contributed by atoms with Crippen LogP contribution in [0.4, 0.5) is 23.7 Å². The van der Waals surface area contributed by atoms with Crippen molar-refractivity contribution in [3.8, 4) is 6.07 Å². The topological polar surface area (TPSA) is 142 Å². The lowest BCUT2D eigenvalue weighted by molar-refractivity contribution is -0.138. The van der Waals surface area contributed by atoms with E-state index in [1.165, 1.54) is 23.1 Å². The van der Waals surface area contributed by atoms with E-state index in [9.17, 15) is 27.9 Å². The molecule has 0 saturated heterocycles. The molecule has 0 bridgehead atoms. The molecule has 0 spiro atoms. The zero-order valence-electron chi connectivity index (χ0n) is 18.3. The minimum absolute atomic E-state index is 0.0837. The van der Waals surface area contributed by atoms with Crippen molar-refractivity contribution in [1.29, 1.82) is 5.26 Å². The van der Waals surface area contributed by atoms with Crippen LogP contribution in [0.3, 0.4) is 0 Å². The maximum atomic E-state index is 13.1. The molecule has 1 unspecified atom stereocenters. The van der Waals surface area contributed by atoms with Gasteiger partial charge in [0, 0.05) is 18.3 Å². The molecular weight excluding hydrogens is 445 g/mol. The van der Waals surface area contributed by atoms with Gasteiger partial charge in [-0.3, -0.25) is 9.48 Å². The number of amides is 2. The number of aromatic nitrogens is 3. The van der Waals surface area contributed by atoms with Gasteiger partial charge in [0.25, 0.3) is 5.91 Å². The molecule has 1 atom stereocenters. The van der Waals surface area contributed by atoms with Crippen LogP contribution >= 0.6 is 0 Å². The van der Waals surface area contributed by atoms with Crippen LogP contribution in [0.25, 0.3) is 0 Å². The third-order valence-electron chi connectivity index (χ3n) is 4.04. The summed E-state index contributed by atoms with van der Waals surface area (Å²) in [6.07, 6.45) is -1.71. The van der Waals surface area contributed by atoms with Gasteiger partial charge in [-0.25, -0.2) is 9.78 Å². The number of hydrogen-bond donors (Lipinski definition) is 3. The summed E-state index contributed by atoms with van der Waals surface area (Å²) in [7, 11) is 0. The number of hydrogen-bond acceptors (Lipinski definition) is 7. The van der Waals surface area contributed by atoms with E-state index in [2.05, 4.69) is 20.7 Å². The van der Waals surface area contributed by atoms with Crippen LogP contribution in [0.15, 0.2) is 24.7 Å². The highest BCUT2D eigenvalue weighted by Crippen LogP contribution is 2.32. The summed E-state index contributed by atoms with van der Waals surface area (Å²) in [5.74, 6) is -1.01. The number of nitrogens with zero attached hydrogens (tertiary/aromatic N) is 4. The Labute approximate surface area is 187 Å². The predicted molar refractivity (Wildman–Crippen MR) is 109 cm³/mol. The monoisotopic (exact) mass is 468 g/mol. The normalized spacial score (nSPS) is 13.5. The maximum absolute atomic E-state index is 13.1. The van der Waals surface area contributed by atoms with Crippen LogP contribution < -0.4 is 10.6 Å². The van der Waals surface area contributed by atoms with Crippen LogP contribution in [0, 0.1) is 11.3 Å². The third-order valence-corrected chi connectivity index (χ3v) is 4.04. The van der Waals surface area contributed by atoms with E-state index in [4.69, 9.17) is 10.00 Å². The largest absolute Gasteiger partial charge is 0.444 e. The van der Waals surface area contributed by atoms with Gasteiger partial charge in [0.15, 0.2) is 11.3 Å². The maximum Gasteiger partial charge on any atom is 0.419 e. The molecular formula is C20H23F3N6O4. The molecule has 13 heteroatoms. The lowest BCUT2D eigenvalue weighted by Gasteiger charge is -2.22. The number of pyridine rings is 1. The highest BCUT2D eigenvalue weighted by atomic mass is 19.4. The van der Waals surface area contributed by atoms with Crippen molar-refractivity contribution in [2.24, 2.45) is 0 Å². The number of alkyl halides is 3. The fraction of sp³-hybridized carbons (Fsp3) is 0.450. The van der Waals surface area contributed by atoms with Crippen molar-refractivity contribution >= 4 is 17.7 Å². The first-order valence-corrected chi connectivity index (χ1v) is 9.60. The lowest BCUT2D eigenvalue weighted by Crippen LogP contribution is -2.44. The molecule has 0 aliphatic carbocycles. The summed E-state index contributed by atoms with van der Waals surface area (Å²) in [5.41, 5.74) is -4.65. The van der Waals surface area contributed by atoms with Crippen LogP contribution in [0.1, 0.15) is 44.5 Å². The molecule has 33 heavy (non-hydrogen) atoms. The lowest BCUT2D eigenvalue weighted by atomic mass is 10.1. The Kier molecular flexibility index (Phi) is 7.33. The standard InChI is InChI=1S/C20H23F3N6O4/c1-18(2,3)33-17(31)26-7-12-8-27-29(10-12)11-19(4,32)16(30)28-13-5-14(20(21,22)23)15(6-24)25-9-13/h5,8-10,32H,7,11H2,1-4H3,(H,26,31)(H,28,30). The van der Waals surface area contributed by atoms with E-state index >= 15 is 0 Å². The van der Waals surface area contributed by atoms with Crippen molar-refractivity contribution in [1.82, 2.24) is 20.1 Å². The number of nitrogens with one attached hydrogen (secondary N) is 2. The van der Waals surface area contributed by atoms with Gasteiger partial charge >= 0.3 is 12.3 Å². The van der Waals surface area contributed by atoms with Gasteiger partial charge in [-0.1, -0.05) is 0 Å². The van der Waals surface area contributed by atoms with Crippen molar-refractivity contribution in [3.63, 3.8) is 0 Å². The molecule has 0 saturated carbocycles. The van der Waals surface area contributed by atoms with Crippen molar-refractivity contribution < 1.29 is 32.6 Å². The number of carbonyl (C=O) groups is 2. The summed E-state index contributed by atoms with van der Waals surface area (Å²) in [6.45, 7) is 6.06. The second kappa shape index (κ2) is 9.45. The first-order valence-electron chi connectivity index (χ1n) is 9.60. The van der Waals surface area contributed by atoms with Gasteiger partial charge in [-0.05, 0) is 33.8 Å². The highest BCUT2D eigenvalue weighted by molar-refractivity contribution is 5.96. The molecule has 178 valence electrons. The highest BCUT2D eigenvalue weighted by Gasteiger charge is 2.36. The molecule has 0 radical (unpaired) electrons. The molecule has 10 nitrogen and oxygen atoms in total. The molecule has 0 aliphatic rings. The molecule has 3 N–H and O–H groups in total. The number of halogens is 3. The molecule has 2 heterocycles. The van der Waals surface area contributed by atoms with Crippen LogP contribution in [0.5, 0.6) is 0 Å². The Morgan fingerprint density at radius 1 is 1.24 bits per heavy atom. The third kappa shape index (κ3) is 7.46. The quantitative estimate of drug-likeness (QED) is 0.591. The van der Waals surface area contributed by atoms with Gasteiger partial charge in [0.05, 0.1) is 30.2 Å². The van der Waals surface area contributed by atoms with Crippen molar-refractivity contribution in [2.45, 2.75) is 58.2 Å². The Morgan fingerprint density at radius 2 is 1.91 bits per heavy atom. The number of nitriles is 1. The summed E-state index contributed by atoms with van der Waals surface area (Å²) >= 11 is 0. The Balaban J connectivity index is 2.03. The Hall–Kier alpha value is -3.66. The summed E-state index contributed by atoms with van der Waals surface area (Å²) in [4.78, 5) is 27.6. The zero-order valence-corrected chi connectivity index (χ0v) is 18.3. The van der Waals surface area contributed by atoms with Crippen LogP contribution in [0.2, 0.25) is 0 Å². The van der Waals surface area contributed by atoms with E-state index in [1.807, 2.05) is 0 Å². The van der Waals surface area contributed by atoms with E-state index in [-0.39, 0.29) is 18.8 Å². The number of ether oxygens (including phenoxy) is 1. The van der Waals surface area contributed by atoms with E-state index < -0.39 is 40.6 Å². The van der Waals surface area contributed by atoms with E-state index in [0.29, 0.717) is 11.6 Å². The SMILES string of the molecule is CC(C)(C)OC(=O)NCc1cnn(CC(C)(O)C(=O)Nc2cnc(C#N)c(C(F)(F)F)c2)c1. The number of alkyl carbamates (subject to hydrolysis) is 1. The molecule has 2 amide bonds. The first kappa shape index (κ1) is 25.6. The Bertz CT molecular complexity index is 1070. The van der Waals surface area contributed by atoms with Crippen molar-refractivity contribution in [3.05, 3.63) is 41.5 Å². The summed E-state index contributed by atoms with van der Waals surface area (Å²) in [5, 5.41) is 28.0. The average molecular weight is 468 g/mol. The fourth-order valence-electron chi connectivity index (χ4n) is 2.56. The Morgan fingerprint density at radius 3 is 2.48 bits per heavy atom. The molecule has 2 aromatic rings. The van der Waals surface area contributed by atoms with E-state index in [0.717, 1.165) is 13.1 Å². The molecule has 0 aliphatic heterocycles. The minimum atomic E-state index is -4.85. The minimum Gasteiger partial charge on any atom is -0.444 e. The van der Waals surface area contributed by atoms with Crippen LogP contribution in [-0.2, 0) is 28.8 Å². The first-order chi connectivity index (χ1) is 15.1. The fourth-order valence-corrected chi connectivity index (χ4v) is 2.56. The summed E-state index contributed by atoms with van der Waals surface area (Å²) < 4.78 is 45.6. The van der Waals surface area contributed by atoms with Gasteiger partial charge in [-0.15, -0.1) is 0 Å². The number of anilines is 1. The molecule has 2 aromatic heterocycles. The van der Waals surface area contributed by atoms with E-state index in [1.54, 1.807) is 20.8 Å². The zero-order chi connectivity index (χ0) is 25.0. The number of rotatable bonds is 6. The second-order valence-corrected chi connectivity index (χ2v) is 8.36. The molecule has 2 rings (SSSR count). The van der Waals surface area contributed by atoms with Gasteiger partial charge < -0.3 is 20.5 Å². The summed E-state index contributed by atoms with van der Waals surface area (Å²) in [6, 6.07) is 1.90. The van der Waals surface area contributed by atoms with Gasteiger partial charge in [0.1, 0.15) is 11.7 Å². The predicted octanol–water partition coefficient (Wildman–Crippen LogP) is 2.58. The molecule has 0 aromatic carbocycles. The second-order valence-electron chi connectivity index (χ2n) is 8.36.